The number of aryl methyl sites for hydroxylation is 1. The van der Waals surface area contributed by atoms with E-state index in [1.807, 2.05) is 19.1 Å². The van der Waals surface area contributed by atoms with Crippen molar-refractivity contribution in [2.24, 2.45) is 0 Å². The summed E-state index contributed by atoms with van der Waals surface area (Å²) in [6, 6.07) is 13.5. The number of fused-ring (bicyclic) bond motifs is 1. The van der Waals surface area contributed by atoms with Crippen LogP contribution in [0.1, 0.15) is 54.0 Å². The number of amides is 3. The Hall–Kier alpha value is -4.18. The fourth-order valence-electron chi connectivity index (χ4n) is 4.10. The second-order valence-corrected chi connectivity index (χ2v) is 9.48. The van der Waals surface area contributed by atoms with E-state index in [-0.39, 0.29) is 19.1 Å². The number of methoxy groups -OCH3 is 1. The number of nitrogens with zero attached hydrogens (tertiary/aromatic N) is 1. The van der Waals surface area contributed by atoms with E-state index in [2.05, 4.69) is 10.6 Å². The molecule has 37 heavy (non-hydrogen) atoms. The molecule has 9 nitrogen and oxygen atoms in total. The number of carbonyl (C=O) groups is 4. The molecule has 2 aromatic carbocycles. The van der Waals surface area contributed by atoms with Crippen LogP contribution < -0.4 is 10.6 Å². The summed E-state index contributed by atoms with van der Waals surface area (Å²) in [5, 5.41) is 6.18. The van der Waals surface area contributed by atoms with Crippen molar-refractivity contribution >= 4 is 45.9 Å². The number of carbonyl (C=O) groups excluding carboxylic acids is 4. The number of ether oxygens (including phenoxy) is 2. The van der Waals surface area contributed by atoms with Crippen LogP contribution in [0.15, 0.2) is 48.5 Å². The molecule has 3 amide bonds. The van der Waals surface area contributed by atoms with Gasteiger partial charge in [-0.3, -0.25) is 9.59 Å². The third-order valence-corrected chi connectivity index (χ3v) is 7.12. The zero-order valence-electron chi connectivity index (χ0n) is 20.8. The van der Waals surface area contributed by atoms with Crippen molar-refractivity contribution in [3.05, 3.63) is 81.2 Å². The van der Waals surface area contributed by atoms with Crippen LogP contribution in [-0.2, 0) is 22.4 Å². The van der Waals surface area contributed by atoms with Crippen LogP contribution in [0.3, 0.4) is 0 Å². The summed E-state index contributed by atoms with van der Waals surface area (Å²) in [7, 11) is 1.30. The van der Waals surface area contributed by atoms with Crippen LogP contribution in [-0.4, -0.2) is 49.0 Å². The van der Waals surface area contributed by atoms with Gasteiger partial charge in [0.1, 0.15) is 5.00 Å². The maximum Gasteiger partial charge on any atom is 0.410 e. The van der Waals surface area contributed by atoms with Gasteiger partial charge in [0.15, 0.2) is 0 Å². The number of rotatable bonds is 6. The Morgan fingerprint density at radius 3 is 2.41 bits per heavy atom. The zero-order chi connectivity index (χ0) is 26.5. The Balaban J connectivity index is 1.65. The zero-order valence-corrected chi connectivity index (χ0v) is 21.6. The van der Waals surface area contributed by atoms with E-state index < -0.39 is 18.0 Å². The molecule has 0 atom stereocenters. The maximum atomic E-state index is 13.5. The molecular weight excluding hydrogens is 494 g/mol. The van der Waals surface area contributed by atoms with Crippen LogP contribution in [0, 0.1) is 6.92 Å². The fraction of sp³-hybridized carbons (Fsp3) is 0.259. The molecule has 1 aliphatic rings. The van der Waals surface area contributed by atoms with Gasteiger partial charge in [-0.05, 0) is 61.7 Å². The molecule has 2 heterocycles. The summed E-state index contributed by atoms with van der Waals surface area (Å²) in [6.45, 7) is 4.54. The van der Waals surface area contributed by atoms with E-state index in [4.69, 9.17) is 9.47 Å². The predicted molar refractivity (Wildman–Crippen MR) is 140 cm³/mol. The number of hydrogen-bond acceptors (Lipinski definition) is 7. The first kappa shape index (κ1) is 25.9. The second kappa shape index (κ2) is 11.3. The fourth-order valence-corrected chi connectivity index (χ4v) is 5.36. The van der Waals surface area contributed by atoms with Crippen molar-refractivity contribution in [2.45, 2.75) is 26.8 Å². The van der Waals surface area contributed by atoms with E-state index >= 15 is 0 Å². The normalized spacial score (nSPS) is 12.4. The molecule has 0 saturated carbocycles. The Labute approximate surface area is 218 Å². The number of nitrogens with one attached hydrogen (secondary N) is 2. The molecular formula is C27H27N3O6S. The van der Waals surface area contributed by atoms with E-state index in [1.54, 1.807) is 48.2 Å². The summed E-state index contributed by atoms with van der Waals surface area (Å²) < 4.78 is 9.85. The minimum Gasteiger partial charge on any atom is -0.465 e. The van der Waals surface area contributed by atoms with Crippen LogP contribution in [0.5, 0.6) is 0 Å². The quantitative estimate of drug-likeness (QED) is 0.448. The van der Waals surface area contributed by atoms with Crippen LogP contribution in [0.4, 0.5) is 15.5 Å². The van der Waals surface area contributed by atoms with Gasteiger partial charge in [-0.15, -0.1) is 11.3 Å². The Morgan fingerprint density at radius 2 is 1.73 bits per heavy atom. The number of thiophene rings is 1. The van der Waals surface area contributed by atoms with Gasteiger partial charge in [0.05, 0.1) is 31.4 Å². The average Bonchev–Trinajstić information content (AvgIpc) is 3.26. The highest BCUT2D eigenvalue weighted by Crippen LogP contribution is 2.38. The van der Waals surface area contributed by atoms with Crippen LogP contribution >= 0.6 is 11.3 Å². The lowest BCUT2D eigenvalue weighted by Crippen LogP contribution is -2.36. The van der Waals surface area contributed by atoms with Gasteiger partial charge in [-0.1, -0.05) is 18.2 Å². The van der Waals surface area contributed by atoms with Gasteiger partial charge >= 0.3 is 12.1 Å². The summed E-state index contributed by atoms with van der Waals surface area (Å²) in [5.74, 6) is -1.19. The first-order valence-corrected chi connectivity index (χ1v) is 12.6. The minimum atomic E-state index is -0.475. The largest absolute Gasteiger partial charge is 0.465 e. The molecule has 0 radical (unpaired) electrons. The highest BCUT2D eigenvalue weighted by molar-refractivity contribution is 7.17. The maximum absolute atomic E-state index is 13.5. The van der Waals surface area contributed by atoms with Crippen molar-refractivity contribution in [2.75, 3.05) is 30.9 Å². The molecule has 0 fully saturated rings. The molecule has 0 saturated heterocycles. The Bertz CT molecular complexity index is 1350. The minimum absolute atomic E-state index is 0.271. The Kier molecular flexibility index (Phi) is 7.88. The highest BCUT2D eigenvalue weighted by atomic mass is 32.1. The first-order valence-electron chi connectivity index (χ1n) is 11.7. The van der Waals surface area contributed by atoms with Crippen LogP contribution in [0.25, 0.3) is 0 Å². The lowest BCUT2D eigenvalue weighted by molar-refractivity contribution is 0.0600. The number of anilines is 2. The summed E-state index contributed by atoms with van der Waals surface area (Å²) >= 11 is 1.27. The summed E-state index contributed by atoms with van der Waals surface area (Å²) in [5.41, 5.74) is 3.31. The van der Waals surface area contributed by atoms with Crippen molar-refractivity contribution in [1.29, 1.82) is 0 Å². The van der Waals surface area contributed by atoms with Gasteiger partial charge in [0.2, 0.25) is 0 Å². The van der Waals surface area contributed by atoms with Gasteiger partial charge < -0.3 is 25.0 Å². The Morgan fingerprint density at radius 1 is 1.00 bits per heavy atom. The molecule has 192 valence electrons. The van der Waals surface area contributed by atoms with E-state index in [0.717, 1.165) is 16.0 Å². The SMILES string of the molecule is CCOC(=O)N1CCc2c(sc(NC(=O)c3ccccc3C)c2C(=O)Nc2ccc(C(=O)OC)cc2)C1. The molecule has 1 aromatic heterocycles. The van der Waals surface area contributed by atoms with E-state index in [0.29, 0.717) is 40.3 Å². The molecule has 2 N–H and O–H groups in total. The first-order chi connectivity index (χ1) is 17.8. The van der Waals surface area contributed by atoms with Crippen LogP contribution in [0.2, 0.25) is 0 Å². The summed E-state index contributed by atoms with van der Waals surface area (Å²) in [4.78, 5) is 53.0. The summed E-state index contributed by atoms with van der Waals surface area (Å²) in [6.07, 6.45) is 0.0262. The highest BCUT2D eigenvalue weighted by Gasteiger charge is 2.31. The third kappa shape index (κ3) is 5.64. The smallest absolute Gasteiger partial charge is 0.410 e. The van der Waals surface area contributed by atoms with Gasteiger partial charge in [-0.2, -0.15) is 0 Å². The van der Waals surface area contributed by atoms with Gasteiger partial charge in [0.25, 0.3) is 11.8 Å². The van der Waals surface area contributed by atoms with E-state index in [9.17, 15) is 19.2 Å². The average molecular weight is 522 g/mol. The standard InChI is InChI=1S/C27H27N3O6S/c1-4-36-27(34)30-14-13-20-21(15-30)37-25(29-23(31)19-8-6-5-7-16(19)2)22(20)24(32)28-18-11-9-17(10-12-18)26(33)35-3/h5-12H,4,13-15H2,1-3H3,(H,28,32)(H,29,31). The molecule has 0 unspecified atom stereocenters. The second-order valence-electron chi connectivity index (χ2n) is 8.37. The van der Waals surface area contributed by atoms with E-state index in [1.165, 1.54) is 18.4 Å². The van der Waals surface area contributed by atoms with Gasteiger partial charge in [-0.25, -0.2) is 9.59 Å². The topological polar surface area (TPSA) is 114 Å². The molecule has 4 rings (SSSR count). The van der Waals surface area contributed by atoms with Gasteiger partial charge in [0, 0.05) is 22.7 Å². The van der Waals surface area contributed by atoms with Crippen molar-refractivity contribution in [3.63, 3.8) is 0 Å². The molecule has 0 bridgehead atoms. The number of benzene rings is 2. The van der Waals surface area contributed by atoms with Crippen molar-refractivity contribution < 1.29 is 28.7 Å². The monoisotopic (exact) mass is 521 g/mol. The molecule has 3 aromatic rings. The molecule has 1 aliphatic heterocycles. The molecule has 0 spiro atoms. The molecule has 10 heteroatoms. The third-order valence-electron chi connectivity index (χ3n) is 5.99. The number of esters is 1. The predicted octanol–water partition coefficient (Wildman–Crippen LogP) is 4.86. The van der Waals surface area contributed by atoms with Crippen molar-refractivity contribution in [1.82, 2.24) is 4.90 Å². The lowest BCUT2D eigenvalue weighted by Gasteiger charge is -2.26. The number of hydrogen-bond donors (Lipinski definition) is 2. The molecule has 0 aliphatic carbocycles. The lowest BCUT2D eigenvalue weighted by atomic mass is 10.0. The van der Waals surface area contributed by atoms with Crippen molar-refractivity contribution in [3.8, 4) is 0 Å².